The minimum Gasteiger partial charge on any atom is -0.423 e. The summed E-state index contributed by atoms with van der Waals surface area (Å²) in [5.74, 6) is -0.516. The number of hydrazone groups is 1. The Balaban J connectivity index is 1.57. The number of nitrogens with zero attached hydrogens (tertiary/aromatic N) is 1. The number of halogens is 1. The van der Waals surface area contributed by atoms with E-state index in [0.29, 0.717) is 27.6 Å². The van der Waals surface area contributed by atoms with E-state index in [0.717, 1.165) is 5.56 Å². The highest BCUT2D eigenvalue weighted by atomic mass is 35.5. The zero-order chi connectivity index (χ0) is 19.9. The summed E-state index contributed by atoms with van der Waals surface area (Å²) >= 11 is 5.99. The number of esters is 1. The van der Waals surface area contributed by atoms with Crippen LogP contribution in [0.3, 0.4) is 0 Å². The topological polar surface area (TPSA) is 93.8 Å². The van der Waals surface area contributed by atoms with Crippen molar-refractivity contribution >= 4 is 35.4 Å². The molecule has 0 aliphatic heterocycles. The van der Waals surface area contributed by atoms with Crippen molar-refractivity contribution in [2.45, 2.75) is 0 Å². The van der Waals surface area contributed by atoms with E-state index in [2.05, 4.69) is 10.5 Å². The van der Waals surface area contributed by atoms with Crippen LogP contribution in [0.1, 0.15) is 26.3 Å². The molecule has 6 nitrogen and oxygen atoms in total. The number of ether oxygens (including phenoxy) is 1. The van der Waals surface area contributed by atoms with Crippen LogP contribution in [0.15, 0.2) is 77.9 Å². The zero-order valence-electron chi connectivity index (χ0n) is 14.6. The number of hydrogen-bond donors (Lipinski definition) is 2. The maximum Gasteiger partial charge on any atom is 0.345 e. The Kier molecular flexibility index (Phi) is 6.04. The van der Waals surface area contributed by atoms with Crippen molar-refractivity contribution < 1.29 is 14.3 Å². The van der Waals surface area contributed by atoms with E-state index in [1.54, 1.807) is 72.8 Å². The van der Waals surface area contributed by atoms with Gasteiger partial charge in [-0.05, 0) is 66.2 Å². The SMILES string of the molecule is Nc1ccc(C(=O)N/N=C/c2ccc(OC(=O)c3ccccc3Cl)cc2)cc1. The predicted octanol–water partition coefficient (Wildman–Crippen LogP) is 3.91. The van der Waals surface area contributed by atoms with Crippen LogP contribution in [0, 0.1) is 0 Å². The molecule has 3 aromatic carbocycles. The molecular formula is C21H16ClN3O3. The lowest BCUT2D eigenvalue weighted by molar-refractivity contribution is 0.0734. The normalized spacial score (nSPS) is 10.6. The second-order valence-electron chi connectivity index (χ2n) is 5.76. The lowest BCUT2D eigenvalue weighted by Gasteiger charge is -2.06. The van der Waals surface area contributed by atoms with E-state index in [4.69, 9.17) is 22.1 Å². The Bertz CT molecular complexity index is 1020. The molecule has 3 rings (SSSR count). The third-order valence-electron chi connectivity index (χ3n) is 3.74. The molecule has 0 saturated carbocycles. The van der Waals surface area contributed by atoms with Gasteiger partial charge in [-0.15, -0.1) is 0 Å². The van der Waals surface area contributed by atoms with E-state index in [1.165, 1.54) is 6.21 Å². The van der Waals surface area contributed by atoms with E-state index >= 15 is 0 Å². The first-order chi connectivity index (χ1) is 13.5. The highest BCUT2D eigenvalue weighted by Crippen LogP contribution is 2.18. The van der Waals surface area contributed by atoms with Gasteiger partial charge in [-0.25, -0.2) is 10.2 Å². The maximum atomic E-state index is 12.1. The van der Waals surface area contributed by atoms with Crippen molar-refractivity contribution in [1.29, 1.82) is 0 Å². The number of rotatable bonds is 5. The van der Waals surface area contributed by atoms with Gasteiger partial charge in [0.1, 0.15) is 5.75 Å². The highest BCUT2D eigenvalue weighted by Gasteiger charge is 2.11. The Morgan fingerprint density at radius 3 is 2.32 bits per heavy atom. The molecule has 3 N–H and O–H groups in total. The summed E-state index contributed by atoms with van der Waals surface area (Å²) in [5, 5.41) is 4.24. The lowest BCUT2D eigenvalue weighted by atomic mass is 10.2. The van der Waals surface area contributed by atoms with Crippen LogP contribution in [0.25, 0.3) is 0 Å². The van der Waals surface area contributed by atoms with Crippen molar-refractivity contribution in [1.82, 2.24) is 5.43 Å². The number of anilines is 1. The van der Waals surface area contributed by atoms with Gasteiger partial charge in [0.05, 0.1) is 16.8 Å². The van der Waals surface area contributed by atoms with E-state index in [1.807, 2.05) is 0 Å². The van der Waals surface area contributed by atoms with Crippen LogP contribution >= 0.6 is 11.6 Å². The molecule has 0 saturated heterocycles. The van der Waals surface area contributed by atoms with Crippen LogP contribution in [-0.4, -0.2) is 18.1 Å². The Morgan fingerprint density at radius 2 is 1.64 bits per heavy atom. The Morgan fingerprint density at radius 1 is 0.964 bits per heavy atom. The van der Waals surface area contributed by atoms with Gasteiger partial charge < -0.3 is 10.5 Å². The first-order valence-corrected chi connectivity index (χ1v) is 8.66. The molecular weight excluding hydrogens is 378 g/mol. The largest absolute Gasteiger partial charge is 0.423 e. The number of benzene rings is 3. The average Bonchev–Trinajstić information content (AvgIpc) is 2.70. The Hall–Kier alpha value is -3.64. The molecule has 0 aliphatic rings. The lowest BCUT2D eigenvalue weighted by Crippen LogP contribution is -2.17. The first-order valence-electron chi connectivity index (χ1n) is 8.28. The van der Waals surface area contributed by atoms with E-state index in [9.17, 15) is 9.59 Å². The molecule has 0 fully saturated rings. The summed E-state index contributed by atoms with van der Waals surface area (Å²) in [6.45, 7) is 0. The number of carbonyl (C=O) groups is 2. The van der Waals surface area contributed by atoms with Gasteiger partial charge in [0.15, 0.2) is 0 Å². The summed E-state index contributed by atoms with van der Waals surface area (Å²) in [6, 6.07) is 19.8. The molecule has 0 heterocycles. The molecule has 0 unspecified atom stereocenters. The van der Waals surface area contributed by atoms with Crippen molar-refractivity contribution in [2.75, 3.05) is 5.73 Å². The molecule has 0 atom stereocenters. The molecule has 7 heteroatoms. The molecule has 140 valence electrons. The third kappa shape index (κ3) is 4.96. The van der Waals surface area contributed by atoms with Crippen LogP contribution in [-0.2, 0) is 0 Å². The monoisotopic (exact) mass is 393 g/mol. The van der Waals surface area contributed by atoms with Gasteiger partial charge in [-0.1, -0.05) is 23.7 Å². The molecule has 28 heavy (non-hydrogen) atoms. The van der Waals surface area contributed by atoms with Crippen LogP contribution in [0.5, 0.6) is 5.75 Å². The van der Waals surface area contributed by atoms with Gasteiger partial charge in [0.2, 0.25) is 0 Å². The van der Waals surface area contributed by atoms with Crippen molar-refractivity contribution in [3.63, 3.8) is 0 Å². The number of nitrogen functional groups attached to an aromatic ring is 1. The summed E-state index contributed by atoms with van der Waals surface area (Å²) < 4.78 is 5.30. The van der Waals surface area contributed by atoms with E-state index in [-0.39, 0.29) is 5.91 Å². The molecule has 0 bridgehead atoms. The molecule has 0 aromatic heterocycles. The second-order valence-corrected chi connectivity index (χ2v) is 6.17. The summed E-state index contributed by atoms with van der Waals surface area (Å²) in [4.78, 5) is 24.1. The standard InChI is InChI=1S/C21H16ClN3O3/c22-19-4-2-1-3-18(19)21(27)28-17-11-5-14(6-12-17)13-24-25-20(26)15-7-9-16(23)10-8-15/h1-13H,23H2,(H,25,26)/b24-13+. The highest BCUT2D eigenvalue weighted by molar-refractivity contribution is 6.33. The van der Waals surface area contributed by atoms with Gasteiger partial charge in [0, 0.05) is 11.3 Å². The number of nitrogens with one attached hydrogen (secondary N) is 1. The number of amides is 1. The summed E-state index contributed by atoms with van der Waals surface area (Å²) in [6.07, 6.45) is 1.48. The zero-order valence-corrected chi connectivity index (χ0v) is 15.4. The number of nitrogens with two attached hydrogens (primary N) is 1. The minimum absolute atomic E-state index is 0.292. The van der Waals surface area contributed by atoms with Gasteiger partial charge in [-0.2, -0.15) is 5.10 Å². The fourth-order valence-electron chi connectivity index (χ4n) is 2.28. The van der Waals surface area contributed by atoms with Crippen LogP contribution < -0.4 is 15.9 Å². The quantitative estimate of drug-likeness (QED) is 0.226. The van der Waals surface area contributed by atoms with Crippen molar-refractivity contribution in [3.8, 4) is 5.75 Å². The van der Waals surface area contributed by atoms with Crippen LogP contribution in [0.4, 0.5) is 5.69 Å². The van der Waals surface area contributed by atoms with E-state index < -0.39 is 5.97 Å². The Labute approximate surface area is 166 Å². The minimum atomic E-state index is -0.539. The van der Waals surface area contributed by atoms with Gasteiger partial charge >= 0.3 is 5.97 Å². The molecule has 0 spiro atoms. The second kappa shape index (κ2) is 8.83. The maximum absolute atomic E-state index is 12.1. The van der Waals surface area contributed by atoms with Crippen molar-refractivity contribution in [2.24, 2.45) is 5.10 Å². The van der Waals surface area contributed by atoms with Gasteiger partial charge in [0.25, 0.3) is 5.91 Å². The molecule has 3 aromatic rings. The average molecular weight is 394 g/mol. The fraction of sp³-hybridized carbons (Fsp3) is 0. The summed E-state index contributed by atoms with van der Waals surface area (Å²) in [5.41, 5.74) is 10.1. The summed E-state index contributed by atoms with van der Waals surface area (Å²) in [7, 11) is 0. The third-order valence-corrected chi connectivity index (χ3v) is 4.07. The molecule has 1 amide bonds. The molecule has 0 aliphatic carbocycles. The molecule has 0 radical (unpaired) electrons. The van der Waals surface area contributed by atoms with Crippen molar-refractivity contribution in [3.05, 3.63) is 94.5 Å². The number of hydrogen-bond acceptors (Lipinski definition) is 5. The van der Waals surface area contributed by atoms with Gasteiger partial charge in [-0.3, -0.25) is 4.79 Å². The predicted molar refractivity (Wildman–Crippen MR) is 109 cm³/mol. The first kappa shape index (κ1) is 19.1. The van der Waals surface area contributed by atoms with Crippen LogP contribution in [0.2, 0.25) is 5.02 Å². The number of carbonyl (C=O) groups excluding carboxylic acids is 2. The smallest absolute Gasteiger partial charge is 0.345 e. The fourth-order valence-corrected chi connectivity index (χ4v) is 2.49.